The standard InChI is InChI=1S/C20H18N10O8S3/c1-38-26-11(14-23-19(21)41-27-14)15(33)22-12-16(34)29-13(18(35)36)7(6-40-17(12)29)5-39-9-3-2-8-24-28(4-10(31)32)20(37)30(8)25-9/h2-3,12,17H,4-6H2,1H3,(H,22,33)(H,31,32)(H,35,36)(H2,21,23,27)/t12?,17-/m0/s1. The first-order chi connectivity index (χ1) is 19.6. The zero-order chi connectivity index (χ0) is 29.4. The molecule has 0 aliphatic carbocycles. The van der Waals surface area contributed by atoms with Gasteiger partial charge in [0.25, 0.3) is 11.8 Å². The van der Waals surface area contributed by atoms with E-state index in [4.69, 9.17) is 15.7 Å². The van der Waals surface area contributed by atoms with Crippen LogP contribution in [-0.4, -0.2) is 103 Å². The Balaban J connectivity index is 1.31. The van der Waals surface area contributed by atoms with Crippen molar-refractivity contribution < 1.29 is 34.2 Å². The fourth-order valence-corrected chi connectivity index (χ4v) is 6.75. The van der Waals surface area contributed by atoms with Crippen molar-refractivity contribution in [2.45, 2.75) is 23.0 Å². The first kappa shape index (κ1) is 28.0. The Bertz CT molecular complexity index is 1710. The number of nitrogens with zero attached hydrogens (tertiary/aromatic N) is 8. The summed E-state index contributed by atoms with van der Waals surface area (Å²) in [5.41, 5.74) is 4.92. The van der Waals surface area contributed by atoms with Gasteiger partial charge in [0.05, 0.1) is 0 Å². The monoisotopic (exact) mass is 622 g/mol. The third-order valence-electron chi connectivity index (χ3n) is 5.68. The first-order valence-electron chi connectivity index (χ1n) is 11.3. The summed E-state index contributed by atoms with van der Waals surface area (Å²) < 4.78 is 5.64. The number of hydrogen-bond donors (Lipinski definition) is 4. The minimum Gasteiger partial charge on any atom is -0.480 e. The van der Waals surface area contributed by atoms with Gasteiger partial charge in [-0.25, -0.2) is 9.59 Å². The van der Waals surface area contributed by atoms with Crippen LogP contribution in [0.1, 0.15) is 5.82 Å². The Hall–Kier alpha value is -4.50. The van der Waals surface area contributed by atoms with E-state index in [2.05, 4.69) is 30.0 Å². The number of carbonyl (C=O) groups is 4. The van der Waals surface area contributed by atoms with Gasteiger partial charge in [0.1, 0.15) is 35.8 Å². The van der Waals surface area contributed by atoms with Gasteiger partial charge >= 0.3 is 17.6 Å². The van der Waals surface area contributed by atoms with Gasteiger partial charge in [0, 0.05) is 23.0 Å². The molecule has 18 nitrogen and oxygen atoms in total. The molecule has 2 aliphatic rings. The third kappa shape index (κ3) is 5.32. The van der Waals surface area contributed by atoms with Gasteiger partial charge in [-0.2, -0.15) is 23.7 Å². The number of amides is 2. The minimum absolute atomic E-state index is 0.0829. The summed E-state index contributed by atoms with van der Waals surface area (Å²) in [6, 6.07) is 2.00. The van der Waals surface area contributed by atoms with Crippen molar-refractivity contribution in [3.05, 3.63) is 39.7 Å². The second kappa shape index (κ2) is 11.2. The molecule has 41 heavy (non-hydrogen) atoms. The number of nitrogens with two attached hydrogens (primary N) is 1. The van der Waals surface area contributed by atoms with Crippen LogP contribution in [0, 0.1) is 0 Å². The number of hydrogen-bond acceptors (Lipinski definition) is 15. The maximum Gasteiger partial charge on any atom is 0.367 e. The van der Waals surface area contributed by atoms with Crippen LogP contribution >= 0.6 is 35.1 Å². The second-order valence-electron chi connectivity index (χ2n) is 8.26. The van der Waals surface area contributed by atoms with E-state index < -0.39 is 47.4 Å². The highest BCUT2D eigenvalue weighted by Gasteiger charge is 2.54. The van der Waals surface area contributed by atoms with Crippen LogP contribution in [0.25, 0.3) is 5.65 Å². The molecule has 0 aromatic carbocycles. The van der Waals surface area contributed by atoms with Crippen LogP contribution in [0.4, 0.5) is 5.13 Å². The fraction of sp³-hybridized carbons (Fsp3) is 0.300. The quantitative estimate of drug-likeness (QED) is 0.0850. The van der Waals surface area contributed by atoms with Gasteiger partial charge in [-0.1, -0.05) is 5.16 Å². The Morgan fingerprint density at radius 2 is 2.05 bits per heavy atom. The number of anilines is 1. The van der Waals surface area contributed by atoms with Crippen molar-refractivity contribution in [1.29, 1.82) is 0 Å². The maximum atomic E-state index is 13.0. The molecule has 5 N–H and O–H groups in total. The van der Waals surface area contributed by atoms with Gasteiger partial charge in [-0.3, -0.25) is 19.3 Å². The van der Waals surface area contributed by atoms with E-state index in [0.29, 0.717) is 10.6 Å². The first-order valence-corrected chi connectivity index (χ1v) is 14.1. The summed E-state index contributed by atoms with van der Waals surface area (Å²) >= 11 is 3.23. The Kier molecular flexibility index (Phi) is 7.64. The summed E-state index contributed by atoms with van der Waals surface area (Å²) in [6.45, 7) is -0.625. The molecule has 0 bridgehead atoms. The van der Waals surface area contributed by atoms with E-state index in [9.17, 15) is 29.1 Å². The number of carboxylic acid groups (broad SMARTS) is 2. The molecular weight excluding hydrogens is 604 g/mol. The number of β-lactam (4-membered cyclic amide) rings is 1. The van der Waals surface area contributed by atoms with Gasteiger partial charge in [-0.05, 0) is 17.7 Å². The van der Waals surface area contributed by atoms with Gasteiger partial charge in [0.2, 0.25) is 11.5 Å². The molecule has 0 radical (unpaired) electrons. The molecule has 1 unspecified atom stereocenters. The zero-order valence-electron chi connectivity index (χ0n) is 20.7. The Morgan fingerprint density at radius 3 is 2.71 bits per heavy atom. The highest BCUT2D eigenvalue weighted by molar-refractivity contribution is 8.01. The van der Waals surface area contributed by atoms with Crippen molar-refractivity contribution in [2.75, 3.05) is 24.3 Å². The fourth-order valence-electron chi connectivity index (χ4n) is 3.97. The Morgan fingerprint density at radius 1 is 1.27 bits per heavy atom. The molecule has 0 saturated carbocycles. The van der Waals surface area contributed by atoms with E-state index >= 15 is 0 Å². The number of nitrogen functional groups attached to an aromatic ring is 1. The number of thioether (sulfide) groups is 2. The average molecular weight is 623 g/mol. The lowest BCUT2D eigenvalue weighted by Gasteiger charge is -2.49. The van der Waals surface area contributed by atoms with Crippen LogP contribution in [0.2, 0.25) is 0 Å². The number of nitrogens with one attached hydrogen (secondary N) is 1. The van der Waals surface area contributed by atoms with Gasteiger partial charge < -0.3 is 26.1 Å². The smallest absolute Gasteiger partial charge is 0.367 e. The lowest BCUT2D eigenvalue weighted by Crippen LogP contribution is -2.71. The van der Waals surface area contributed by atoms with E-state index in [-0.39, 0.29) is 39.5 Å². The molecular formula is C20H18N10O8S3. The summed E-state index contributed by atoms with van der Waals surface area (Å²) in [5.74, 6) is -3.71. The molecule has 1 fully saturated rings. The molecule has 5 rings (SSSR count). The van der Waals surface area contributed by atoms with Crippen molar-refractivity contribution in [3.8, 4) is 0 Å². The maximum absolute atomic E-state index is 13.0. The van der Waals surface area contributed by atoms with Crippen molar-refractivity contribution >= 4 is 75.3 Å². The van der Waals surface area contributed by atoms with Crippen molar-refractivity contribution in [3.63, 3.8) is 0 Å². The van der Waals surface area contributed by atoms with E-state index in [1.807, 2.05) is 0 Å². The van der Waals surface area contributed by atoms with Gasteiger partial charge in [0.15, 0.2) is 10.8 Å². The largest absolute Gasteiger partial charge is 0.480 e. The third-order valence-corrected chi connectivity index (χ3v) is 8.57. The molecule has 3 aromatic rings. The van der Waals surface area contributed by atoms with E-state index in [0.717, 1.165) is 37.4 Å². The predicted octanol–water partition coefficient (Wildman–Crippen LogP) is -1.71. The normalized spacial score (nSPS) is 18.7. The Labute approximate surface area is 240 Å². The topological polar surface area (TPSA) is 250 Å². The SMILES string of the molecule is CON=C(C(=O)NC1C(=O)N2C(C(=O)O)=C(CSc3ccc4nn(CC(=O)O)c(=O)n4n3)CS[C@@H]12)c1nsc(N)n1. The predicted molar refractivity (Wildman–Crippen MR) is 143 cm³/mol. The summed E-state index contributed by atoms with van der Waals surface area (Å²) in [7, 11) is 1.22. The molecule has 1 saturated heterocycles. The number of aliphatic carboxylic acids is 2. The highest BCUT2D eigenvalue weighted by Crippen LogP contribution is 2.41. The summed E-state index contributed by atoms with van der Waals surface area (Å²) in [6.07, 6.45) is 0. The lowest BCUT2D eigenvalue weighted by atomic mass is 10.0. The number of fused-ring (bicyclic) bond motifs is 2. The van der Waals surface area contributed by atoms with E-state index in [1.165, 1.54) is 24.9 Å². The van der Waals surface area contributed by atoms with E-state index in [1.54, 1.807) is 6.07 Å². The summed E-state index contributed by atoms with van der Waals surface area (Å²) in [4.78, 5) is 71.1. The molecule has 3 aromatic heterocycles. The van der Waals surface area contributed by atoms with Crippen LogP contribution in [0.15, 0.2) is 38.4 Å². The molecule has 2 atom stereocenters. The summed E-state index contributed by atoms with van der Waals surface area (Å²) in [5, 5.41) is 32.9. The number of rotatable bonds is 10. The molecule has 2 amide bonds. The van der Waals surface area contributed by atoms with Crippen LogP contribution < -0.4 is 16.7 Å². The van der Waals surface area contributed by atoms with Crippen molar-refractivity contribution in [1.82, 2.24) is 39.0 Å². The molecule has 2 aliphatic heterocycles. The number of oxime groups is 1. The highest BCUT2D eigenvalue weighted by atomic mass is 32.2. The minimum atomic E-state index is -1.32. The van der Waals surface area contributed by atoms with Crippen molar-refractivity contribution in [2.24, 2.45) is 5.16 Å². The van der Waals surface area contributed by atoms with Gasteiger partial charge in [-0.15, -0.1) is 28.6 Å². The molecule has 21 heteroatoms. The number of aromatic nitrogens is 6. The number of carbonyl (C=O) groups excluding carboxylic acids is 2. The zero-order valence-corrected chi connectivity index (χ0v) is 23.1. The average Bonchev–Trinajstić information content (AvgIpc) is 3.50. The lowest BCUT2D eigenvalue weighted by molar-refractivity contribution is -0.150. The second-order valence-corrected chi connectivity index (χ2v) is 11.1. The molecule has 5 heterocycles. The number of carboxylic acids is 2. The van der Waals surface area contributed by atoms with Crippen LogP contribution in [0.5, 0.6) is 0 Å². The van der Waals surface area contributed by atoms with Crippen LogP contribution in [-0.2, 0) is 30.6 Å². The molecule has 214 valence electrons. The van der Waals surface area contributed by atoms with Crippen LogP contribution in [0.3, 0.4) is 0 Å². The molecule has 0 spiro atoms.